The Kier molecular flexibility index (Phi) is 10.1. The topological polar surface area (TPSA) is 35.5 Å². The number of methoxy groups -OCH3 is 2. The van der Waals surface area contributed by atoms with Crippen LogP contribution >= 0.6 is 24.5 Å². The van der Waals surface area contributed by atoms with E-state index < -0.39 is 0 Å². The molecule has 3 nitrogen and oxygen atoms in total. The molecule has 0 aliphatic rings. The summed E-state index contributed by atoms with van der Waals surface area (Å²) in [5, 5.41) is 0. The average Bonchev–Trinajstić information content (AvgIpc) is 2.42. The summed E-state index contributed by atoms with van der Waals surface area (Å²) in [6.07, 6.45) is 1.94. The van der Waals surface area contributed by atoms with E-state index in [-0.39, 0.29) is 29.8 Å². The molecule has 6 heteroatoms. The first-order valence-electron chi connectivity index (χ1n) is 7.32. The number of benzene rings is 1. The smallest absolute Gasteiger partial charge is 0.496 e. The van der Waals surface area contributed by atoms with E-state index >= 15 is 0 Å². The quantitative estimate of drug-likeness (QED) is 0.526. The molecular formula is C17H25BrLiO3P. The standard InChI is InChI=1S/C17H25BrO3P.Li/c1-11(9-17(2,3)4)10-22-16(19)14-13(20-5)8-7-12(18)15(14)21-6;/h7-8,11H,9-10H2,1-6H3;/q-1;+1. The predicted molar refractivity (Wildman–Crippen MR) is 96.6 cm³/mol. The Morgan fingerprint density at radius 3 is 2.35 bits per heavy atom. The Labute approximate surface area is 162 Å². The molecule has 1 aromatic rings. The third-order valence-electron chi connectivity index (χ3n) is 3.22. The summed E-state index contributed by atoms with van der Waals surface area (Å²) in [5.41, 5.74) is 0.836. The molecule has 1 unspecified atom stereocenters. The molecule has 0 saturated heterocycles. The normalized spacial score (nSPS) is 12.8. The van der Waals surface area contributed by atoms with Crippen molar-refractivity contribution >= 4 is 30.0 Å². The Hall–Kier alpha value is -0.00260. The number of halogens is 1. The van der Waals surface area contributed by atoms with Crippen LogP contribution in [0.3, 0.4) is 0 Å². The minimum absolute atomic E-state index is 0. The molecule has 0 N–H and O–H groups in total. The minimum Gasteiger partial charge on any atom is -0.496 e. The van der Waals surface area contributed by atoms with Crippen molar-refractivity contribution in [2.24, 2.45) is 11.3 Å². The van der Waals surface area contributed by atoms with E-state index in [9.17, 15) is 4.79 Å². The zero-order valence-electron chi connectivity index (χ0n) is 15.2. The van der Waals surface area contributed by atoms with Gasteiger partial charge in [0.2, 0.25) is 0 Å². The van der Waals surface area contributed by atoms with E-state index in [0.29, 0.717) is 23.0 Å². The van der Waals surface area contributed by atoms with E-state index in [4.69, 9.17) is 9.47 Å². The van der Waals surface area contributed by atoms with Gasteiger partial charge in [0, 0.05) is 5.52 Å². The zero-order valence-corrected chi connectivity index (χ0v) is 17.7. The summed E-state index contributed by atoms with van der Waals surface area (Å²) >= 11 is 3.42. The number of ether oxygens (including phenoxy) is 2. The van der Waals surface area contributed by atoms with Gasteiger partial charge in [-0.05, 0) is 39.9 Å². The van der Waals surface area contributed by atoms with Gasteiger partial charge < -0.3 is 22.8 Å². The van der Waals surface area contributed by atoms with Gasteiger partial charge in [0.15, 0.2) is 0 Å². The molecule has 0 spiro atoms. The second-order valence-electron chi connectivity index (χ2n) is 6.67. The Morgan fingerprint density at radius 2 is 1.87 bits per heavy atom. The second kappa shape index (κ2) is 10.1. The van der Waals surface area contributed by atoms with E-state index in [1.807, 2.05) is 6.07 Å². The van der Waals surface area contributed by atoms with Crippen molar-refractivity contribution in [3.8, 4) is 11.5 Å². The van der Waals surface area contributed by atoms with Gasteiger partial charge >= 0.3 is 18.9 Å². The van der Waals surface area contributed by atoms with E-state index in [2.05, 4.69) is 43.6 Å². The van der Waals surface area contributed by atoms with Crippen LogP contribution in [0.15, 0.2) is 16.6 Å². The third kappa shape index (κ3) is 7.18. The van der Waals surface area contributed by atoms with Crippen LogP contribution in [0.1, 0.15) is 44.5 Å². The molecule has 0 aliphatic heterocycles. The number of carbonyl (C=O) groups is 1. The van der Waals surface area contributed by atoms with Gasteiger partial charge in [-0.2, -0.15) is 6.16 Å². The van der Waals surface area contributed by atoms with E-state index in [1.54, 1.807) is 20.3 Å². The largest absolute Gasteiger partial charge is 1.00 e. The summed E-state index contributed by atoms with van der Waals surface area (Å²) in [7, 11) is 3.91. The molecule has 1 rings (SSSR count). The monoisotopic (exact) mass is 394 g/mol. The van der Waals surface area contributed by atoms with Gasteiger partial charge in [-0.3, -0.25) is 0 Å². The van der Waals surface area contributed by atoms with Crippen molar-refractivity contribution in [1.29, 1.82) is 0 Å². The van der Waals surface area contributed by atoms with Gasteiger partial charge in [0.1, 0.15) is 11.5 Å². The van der Waals surface area contributed by atoms with Crippen molar-refractivity contribution in [3.05, 3.63) is 22.2 Å². The van der Waals surface area contributed by atoms with E-state index in [0.717, 1.165) is 25.6 Å². The maximum atomic E-state index is 12.6. The van der Waals surface area contributed by atoms with Crippen molar-refractivity contribution < 1.29 is 33.1 Å². The van der Waals surface area contributed by atoms with Gasteiger partial charge in [0.25, 0.3) is 0 Å². The van der Waals surface area contributed by atoms with Gasteiger partial charge in [-0.15, -0.1) is 0 Å². The molecule has 0 radical (unpaired) electrons. The Balaban J connectivity index is 0.00000484. The summed E-state index contributed by atoms with van der Waals surface area (Å²) in [4.78, 5) is 12.6. The summed E-state index contributed by atoms with van der Waals surface area (Å²) in [6.45, 7) is 8.87. The second-order valence-corrected chi connectivity index (χ2v) is 8.62. The number of hydrogen-bond acceptors (Lipinski definition) is 3. The van der Waals surface area contributed by atoms with E-state index in [1.165, 1.54) is 0 Å². The van der Waals surface area contributed by atoms with Gasteiger partial charge in [-0.25, -0.2) is 0 Å². The molecule has 0 aromatic heterocycles. The predicted octanol–water partition coefficient (Wildman–Crippen LogP) is 2.63. The van der Waals surface area contributed by atoms with Crippen LogP contribution in [-0.4, -0.2) is 25.9 Å². The van der Waals surface area contributed by atoms with Crippen LogP contribution in [0.25, 0.3) is 0 Å². The van der Waals surface area contributed by atoms with Crippen LogP contribution in [-0.2, 0) is 0 Å². The van der Waals surface area contributed by atoms with Crippen LogP contribution in [0, 0.1) is 11.3 Å². The Morgan fingerprint density at radius 1 is 1.26 bits per heavy atom. The third-order valence-corrected chi connectivity index (χ3v) is 5.16. The zero-order chi connectivity index (χ0) is 16.9. The minimum atomic E-state index is 0. The van der Waals surface area contributed by atoms with Gasteiger partial charge in [0.05, 0.1) is 24.3 Å². The molecule has 0 saturated carbocycles. The number of carbonyl (C=O) groups excluding carboxylic acids is 1. The number of rotatable bonds is 7. The summed E-state index contributed by atoms with van der Waals surface area (Å²) < 4.78 is 11.5. The molecule has 1 aromatic carbocycles. The number of hydrogen-bond donors (Lipinski definition) is 0. The van der Waals surface area contributed by atoms with Gasteiger partial charge in [-0.1, -0.05) is 33.6 Å². The maximum Gasteiger partial charge on any atom is 1.00 e. The molecule has 124 valence electrons. The molecular weight excluding hydrogens is 370 g/mol. The van der Waals surface area contributed by atoms with Crippen molar-refractivity contribution in [2.75, 3.05) is 20.4 Å². The molecule has 0 bridgehead atoms. The molecule has 0 heterocycles. The first-order chi connectivity index (χ1) is 10.2. The fourth-order valence-corrected chi connectivity index (χ4v) is 4.01. The van der Waals surface area contributed by atoms with Crippen molar-refractivity contribution in [2.45, 2.75) is 34.1 Å². The molecule has 0 amide bonds. The summed E-state index contributed by atoms with van der Waals surface area (Å²) in [6, 6.07) is 3.61. The van der Waals surface area contributed by atoms with Crippen LogP contribution < -0.4 is 28.3 Å². The van der Waals surface area contributed by atoms with Crippen LogP contribution in [0.2, 0.25) is 0 Å². The fraction of sp³-hybridized carbons (Fsp3) is 0.588. The van der Waals surface area contributed by atoms with Crippen molar-refractivity contribution in [3.63, 3.8) is 0 Å². The average molecular weight is 395 g/mol. The van der Waals surface area contributed by atoms with Crippen LogP contribution in [0.5, 0.6) is 11.5 Å². The van der Waals surface area contributed by atoms with Crippen molar-refractivity contribution in [1.82, 2.24) is 0 Å². The molecule has 1 atom stereocenters. The Bertz CT molecular complexity index is 529. The fourth-order valence-electron chi connectivity index (χ4n) is 2.54. The maximum absolute atomic E-state index is 12.6. The van der Waals surface area contributed by atoms with Crippen LogP contribution in [0.4, 0.5) is 0 Å². The summed E-state index contributed by atoms with van der Waals surface area (Å²) in [5.74, 6) is 1.59. The molecule has 0 aliphatic carbocycles. The SMILES string of the molecule is COc1ccc(Br)c(OC)c1C(=O)[P-]CC(C)CC(C)(C)C.[Li+]. The molecule has 23 heavy (non-hydrogen) atoms. The molecule has 0 fully saturated rings. The first-order valence-corrected chi connectivity index (χ1v) is 9.19. The first kappa shape index (κ1) is 23.0.